The second-order valence-electron chi connectivity index (χ2n) is 4.74. The average molecular weight is 389 g/mol. The molecule has 2 aromatic carbocycles. The number of carbonyl (C=O) groups excluding carboxylic acids is 1. The summed E-state index contributed by atoms with van der Waals surface area (Å²) in [4.78, 5) is 15.8. The minimum Gasteiger partial charge on any atom is -0.453 e. The van der Waals surface area contributed by atoms with Gasteiger partial charge in [0.05, 0.1) is 18.1 Å². The molecule has 0 spiro atoms. The maximum atomic E-state index is 11.5. The Labute approximate surface area is 145 Å². The number of hydrogen-bond acceptors (Lipinski definition) is 5. The first kappa shape index (κ1) is 16.0. The van der Waals surface area contributed by atoms with Gasteiger partial charge in [0.1, 0.15) is 5.75 Å². The van der Waals surface area contributed by atoms with Crippen LogP contribution < -0.4 is 10.1 Å². The van der Waals surface area contributed by atoms with Crippen molar-refractivity contribution < 1.29 is 14.3 Å². The minimum absolute atomic E-state index is 0.144. The summed E-state index contributed by atoms with van der Waals surface area (Å²) >= 11 is 3.34. The van der Waals surface area contributed by atoms with Crippen molar-refractivity contribution in [1.82, 2.24) is 9.55 Å². The molecule has 0 radical (unpaired) electrons. The van der Waals surface area contributed by atoms with Crippen molar-refractivity contribution in [2.45, 2.75) is 0 Å². The van der Waals surface area contributed by atoms with Crippen LogP contribution in [0.25, 0.3) is 11.0 Å². The molecule has 2 N–H and O–H groups in total. The Morgan fingerprint density at radius 2 is 1.92 bits per heavy atom. The molecule has 1 aromatic heterocycles. The standard InChI is InChI=1S/C16H13BrN4O3/c1-23-16(22)20-15-19-12-4-2-3-5-13(12)21(15)14(18)24-11-8-6-10(17)7-9-11/h2-9,18H,1H3,(H,19,20,22). The van der Waals surface area contributed by atoms with E-state index in [-0.39, 0.29) is 12.0 Å². The highest BCUT2D eigenvalue weighted by Crippen LogP contribution is 2.22. The maximum Gasteiger partial charge on any atom is 0.413 e. The Hall–Kier alpha value is -2.87. The van der Waals surface area contributed by atoms with Crippen molar-refractivity contribution in [2.75, 3.05) is 12.4 Å². The molecule has 0 fully saturated rings. The number of benzene rings is 2. The van der Waals surface area contributed by atoms with E-state index in [1.165, 1.54) is 11.7 Å². The molecule has 0 atom stereocenters. The summed E-state index contributed by atoms with van der Waals surface area (Å²) < 4.78 is 12.5. The lowest BCUT2D eigenvalue weighted by atomic mass is 10.3. The van der Waals surface area contributed by atoms with Crippen molar-refractivity contribution in [3.8, 4) is 5.75 Å². The van der Waals surface area contributed by atoms with Gasteiger partial charge in [-0.05, 0) is 36.4 Å². The second kappa shape index (κ2) is 6.71. The molecule has 8 heteroatoms. The molecular formula is C16H13BrN4O3. The SMILES string of the molecule is COC(=O)Nc1nc2ccccc2n1C(=N)Oc1ccc(Br)cc1. The fourth-order valence-corrected chi connectivity index (χ4v) is 2.38. The number of nitrogens with one attached hydrogen (secondary N) is 2. The zero-order valence-corrected chi connectivity index (χ0v) is 14.2. The lowest BCUT2D eigenvalue weighted by molar-refractivity contribution is 0.186. The number of imidazole rings is 1. The highest BCUT2D eigenvalue weighted by molar-refractivity contribution is 9.10. The van der Waals surface area contributed by atoms with Gasteiger partial charge in [0.2, 0.25) is 5.95 Å². The quantitative estimate of drug-likeness (QED) is 0.515. The van der Waals surface area contributed by atoms with Gasteiger partial charge in [0.25, 0.3) is 0 Å². The third-order valence-corrected chi connectivity index (χ3v) is 3.72. The number of halogens is 1. The van der Waals surface area contributed by atoms with E-state index in [1.54, 1.807) is 24.3 Å². The van der Waals surface area contributed by atoms with Crippen LogP contribution in [0.1, 0.15) is 0 Å². The first-order chi connectivity index (χ1) is 11.6. The molecule has 0 bridgehead atoms. The van der Waals surface area contributed by atoms with E-state index >= 15 is 0 Å². The first-order valence-electron chi connectivity index (χ1n) is 6.93. The zero-order chi connectivity index (χ0) is 17.1. The highest BCUT2D eigenvalue weighted by atomic mass is 79.9. The normalized spacial score (nSPS) is 10.4. The van der Waals surface area contributed by atoms with Gasteiger partial charge in [-0.25, -0.2) is 14.3 Å². The first-order valence-corrected chi connectivity index (χ1v) is 7.72. The van der Waals surface area contributed by atoms with Crippen LogP contribution in [-0.4, -0.2) is 28.8 Å². The summed E-state index contributed by atoms with van der Waals surface area (Å²) in [6, 6.07) is 14.1. The van der Waals surface area contributed by atoms with E-state index in [1.807, 2.05) is 24.3 Å². The molecule has 0 saturated carbocycles. The van der Waals surface area contributed by atoms with Gasteiger partial charge >= 0.3 is 12.1 Å². The van der Waals surface area contributed by atoms with Gasteiger partial charge in [0, 0.05) is 4.47 Å². The summed E-state index contributed by atoms with van der Waals surface area (Å²) in [6.45, 7) is 0. The topological polar surface area (TPSA) is 89.2 Å². The van der Waals surface area contributed by atoms with E-state index in [0.717, 1.165) is 4.47 Å². The Morgan fingerprint density at radius 3 is 2.62 bits per heavy atom. The van der Waals surface area contributed by atoms with Gasteiger partial charge in [-0.15, -0.1) is 0 Å². The molecule has 3 aromatic rings. The monoisotopic (exact) mass is 388 g/mol. The van der Waals surface area contributed by atoms with Crippen LogP contribution in [0.5, 0.6) is 5.75 Å². The second-order valence-corrected chi connectivity index (χ2v) is 5.65. The number of hydrogen-bond donors (Lipinski definition) is 2. The van der Waals surface area contributed by atoms with Crippen LogP contribution in [0.3, 0.4) is 0 Å². The number of methoxy groups -OCH3 is 1. The smallest absolute Gasteiger partial charge is 0.413 e. The number of anilines is 1. The molecule has 0 aliphatic heterocycles. The fourth-order valence-electron chi connectivity index (χ4n) is 2.12. The van der Waals surface area contributed by atoms with Crippen LogP contribution in [0.2, 0.25) is 0 Å². The summed E-state index contributed by atoms with van der Waals surface area (Å²) in [5, 5.41) is 10.7. The van der Waals surface area contributed by atoms with Gasteiger partial charge < -0.3 is 9.47 Å². The molecular weight excluding hydrogens is 376 g/mol. The predicted molar refractivity (Wildman–Crippen MR) is 93.7 cm³/mol. The summed E-state index contributed by atoms with van der Waals surface area (Å²) in [7, 11) is 1.26. The minimum atomic E-state index is -0.678. The zero-order valence-electron chi connectivity index (χ0n) is 12.6. The molecule has 3 rings (SSSR count). The van der Waals surface area contributed by atoms with Crippen molar-refractivity contribution >= 4 is 45.0 Å². The molecule has 1 heterocycles. The number of ether oxygens (including phenoxy) is 2. The molecule has 122 valence electrons. The van der Waals surface area contributed by atoms with Crippen LogP contribution >= 0.6 is 15.9 Å². The number of aromatic nitrogens is 2. The summed E-state index contributed by atoms with van der Waals surface area (Å²) in [5.41, 5.74) is 1.25. The molecule has 1 amide bonds. The van der Waals surface area contributed by atoms with Crippen LogP contribution in [-0.2, 0) is 4.74 Å². The van der Waals surface area contributed by atoms with E-state index in [0.29, 0.717) is 16.8 Å². The Bertz CT molecular complexity index is 905. The van der Waals surface area contributed by atoms with Crippen molar-refractivity contribution in [2.24, 2.45) is 0 Å². The number of para-hydroxylation sites is 2. The Kier molecular flexibility index (Phi) is 4.48. The molecule has 0 aliphatic rings. The van der Waals surface area contributed by atoms with E-state index in [4.69, 9.17) is 10.1 Å². The molecule has 0 unspecified atom stereocenters. The van der Waals surface area contributed by atoms with Crippen molar-refractivity contribution in [3.63, 3.8) is 0 Å². The van der Waals surface area contributed by atoms with Crippen LogP contribution in [0.4, 0.5) is 10.7 Å². The number of rotatable bonds is 2. The number of fused-ring (bicyclic) bond motifs is 1. The summed E-state index contributed by atoms with van der Waals surface area (Å²) in [5.74, 6) is 0.634. The number of carbonyl (C=O) groups is 1. The average Bonchev–Trinajstić information content (AvgIpc) is 2.94. The number of amides is 1. The lowest BCUT2D eigenvalue weighted by Crippen LogP contribution is -2.22. The van der Waals surface area contributed by atoms with E-state index < -0.39 is 6.09 Å². The van der Waals surface area contributed by atoms with Crippen LogP contribution in [0.15, 0.2) is 53.0 Å². The van der Waals surface area contributed by atoms with Gasteiger partial charge in [0.15, 0.2) is 0 Å². The van der Waals surface area contributed by atoms with Gasteiger partial charge in [-0.2, -0.15) is 0 Å². The maximum absolute atomic E-state index is 11.5. The Balaban J connectivity index is 1.99. The van der Waals surface area contributed by atoms with Gasteiger partial charge in [-0.3, -0.25) is 10.7 Å². The Morgan fingerprint density at radius 1 is 1.21 bits per heavy atom. The predicted octanol–water partition coefficient (Wildman–Crippen LogP) is 3.84. The van der Waals surface area contributed by atoms with Crippen molar-refractivity contribution in [3.05, 3.63) is 53.0 Å². The third kappa shape index (κ3) is 3.23. The lowest BCUT2D eigenvalue weighted by Gasteiger charge is -2.11. The van der Waals surface area contributed by atoms with E-state index in [2.05, 4.69) is 31.0 Å². The third-order valence-electron chi connectivity index (χ3n) is 3.19. The van der Waals surface area contributed by atoms with E-state index in [9.17, 15) is 4.79 Å². The molecule has 0 aliphatic carbocycles. The number of nitrogens with zero attached hydrogens (tertiary/aromatic N) is 2. The highest BCUT2D eigenvalue weighted by Gasteiger charge is 2.18. The molecule has 24 heavy (non-hydrogen) atoms. The van der Waals surface area contributed by atoms with Crippen LogP contribution in [0, 0.1) is 5.41 Å². The van der Waals surface area contributed by atoms with Gasteiger partial charge in [-0.1, -0.05) is 28.1 Å². The summed E-state index contributed by atoms with van der Waals surface area (Å²) in [6.07, 6.45) is -0.678. The molecule has 0 saturated heterocycles. The largest absolute Gasteiger partial charge is 0.453 e. The molecule has 7 nitrogen and oxygen atoms in total. The fraction of sp³-hybridized carbons (Fsp3) is 0.0625. The van der Waals surface area contributed by atoms with Crippen molar-refractivity contribution in [1.29, 1.82) is 5.41 Å².